The molecule has 5 heteroatoms. The zero-order valence-electron chi connectivity index (χ0n) is 11.7. The van der Waals surface area contributed by atoms with Gasteiger partial charge in [-0.15, -0.1) is 0 Å². The van der Waals surface area contributed by atoms with Crippen LogP contribution in [0.2, 0.25) is 5.02 Å². The standard InChI is InChI=1S/C16H16BrClN2O/c1-20(10-12-6-2-4-8-14(12)18)11-16(21)19-15-9-5-3-7-13(15)17/h2-9H,10-11H2,1H3,(H,19,21)/p+1. The number of rotatable bonds is 5. The summed E-state index contributed by atoms with van der Waals surface area (Å²) >= 11 is 9.55. The van der Waals surface area contributed by atoms with E-state index in [0.717, 1.165) is 25.6 Å². The maximum atomic E-state index is 12.1. The molecular formula is C16H17BrClN2O+. The number of para-hydroxylation sites is 1. The van der Waals surface area contributed by atoms with Crippen LogP contribution in [0.15, 0.2) is 53.0 Å². The van der Waals surface area contributed by atoms with Crippen molar-refractivity contribution >= 4 is 39.1 Å². The highest BCUT2D eigenvalue weighted by atomic mass is 79.9. The molecular weight excluding hydrogens is 352 g/mol. The third-order valence-electron chi connectivity index (χ3n) is 3.06. The van der Waals surface area contributed by atoms with Gasteiger partial charge >= 0.3 is 0 Å². The van der Waals surface area contributed by atoms with Crippen LogP contribution in [0.25, 0.3) is 0 Å². The molecule has 0 bridgehead atoms. The van der Waals surface area contributed by atoms with Gasteiger partial charge in [0.25, 0.3) is 5.91 Å². The maximum absolute atomic E-state index is 12.1. The minimum Gasteiger partial charge on any atom is -0.326 e. The summed E-state index contributed by atoms with van der Waals surface area (Å²) < 4.78 is 0.877. The molecule has 1 atom stereocenters. The van der Waals surface area contributed by atoms with E-state index in [1.165, 1.54) is 0 Å². The van der Waals surface area contributed by atoms with Crippen molar-refractivity contribution in [1.29, 1.82) is 0 Å². The number of amides is 1. The number of anilines is 1. The minimum absolute atomic E-state index is 0.0218. The number of carbonyl (C=O) groups excluding carboxylic acids is 1. The Morgan fingerprint density at radius 3 is 2.57 bits per heavy atom. The zero-order valence-corrected chi connectivity index (χ0v) is 14.0. The fourth-order valence-electron chi connectivity index (χ4n) is 2.06. The molecule has 2 rings (SSSR count). The van der Waals surface area contributed by atoms with Gasteiger partial charge in [0, 0.05) is 15.1 Å². The van der Waals surface area contributed by atoms with Crippen molar-refractivity contribution in [1.82, 2.24) is 0 Å². The third kappa shape index (κ3) is 4.84. The van der Waals surface area contributed by atoms with Gasteiger partial charge in [-0.05, 0) is 34.1 Å². The van der Waals surface area contributed by atoms with Crippen LogP contribution >= 0.6 is 27.5 Å². The third-order valence-corrected chi connectivity index (χ3v) is 4.12. The molecule has 0 radical (unpaired) electrons. The summed E-state index contributed by atoms with van der Waals surface area (Å²) in [5.74, 6) is -0.0218. The topological polar surface area (TPSA) is 33.5 Å². The fourth-order valence-corrected chi connectivity index (χ4v) is 2.65. The molecule has 1 unspecified atom stereocenters. The molecule has 0 spiro atoms. The fraction of sp³-hybridized carbons (Fsp3) is 0.188. The summed E-state index contributed by atoms with van der Waals surface area (Å²) in [6.45, 7) is 1.09. The summed E-state index contributed by atoms with van der Waals surface area (Å²) in [4.78, 5) is 13.1. The lowest BCUT2D eigenvalue weighted by Gasteiger charge is -2.15. The van der Waals surface area contributed by atoms with E-state index in [4.69, 9.17) is 11.6 Å². The SMILES string of the molecule is C[NH+](CC(=O)Nc1ccccc1Br)Cc1ccccc1Cl. The van der Waals surface area contributed by atoms with E-state index in [0.29, 0.717) is 13.1 Å². The highest BCUT2D eigenvalue weighted by molar-refractivity contribution is 9.10. The molecule has 0 heterocycles. The van der Waals surface area contributed by atoms with E-state index in [1.807, 2.05) is 55.6 Å². The van der Waals surface area contributed by atoms with Crippen LogP contribution in [0.3, 0.4) is 0 Å². The molecule has 0 saturated heterocycles. The van der Waals surface area contributed by atoms with Crippen molar-refractivity contribution in [2.75, 3.05) is 18.9 Å². The average Bonchev–Trinajstić information content (AvgIpc) is 2.44. The van der Waals surface area contributed by atoms with Gasteiger partial charge in [0.1, 0.15) is 6.54 Å². The molecule has 0 saturated carbocycles. The second-order valence-corrected chi connectivity index (χ2v) is 6.19. The number of quaternary nitrogens is 1. The van der Waals surface area contributed by atoms with E-state index in [-0.39, 0.29) is 5.91 Å². The quantitative estimate of drug-likeness (QED) is 0.836. The zero-order chi connectivity index (χ0) is 15.2. The van der Waals surface area contributed by atoms with Crippen molar-refractivity contribution in [2.45, 2.75) is 6.54 Å². The highest BCUT2D eigenvalue weighted by Crippen LogP contribution is 2.20. The first-order valence-electron chi connectivity index (χ1n) is 6.65. The summed E-state index contributed by atoms with van der Waals surface area (Å²) in [7, 11) is 1.98. The second-order valence-electron chi connectivity index (χ2n) is 4.93. The van der Waals surface area contributed by atoms with Crippen LogP contribution in [0.5, 0.6) is 0 Å². The predicted molar refractivity (Wildman–Crippen MR) is 89.7 cm³/mol. The van der Waals surface area contributed by atoms with E-state index in [9.17, 15) is 4.79 Å². The van der Waals surface area contributed by atoms with Crippen molar-refractivity contribution in [3.05, 3.63) is 63.6 Å². The van der Waals surface area contributed by atoms with Gasteiger partial charge in [-0.25, -0.2) is 0 Å². The minimum atomic E-state index is -0.0218. The van der Waals surface area contributed by atoms with Crippen LogP contribution in [0.4, 0.5) is 5.69 Å². The van der Waals surface area contributed by atoms with Crippen LogP contribution in [0, 0.1) is 0 Å². The Labute approximate surface area is 138 Å². The molecule has 0 aliphatic heterocycles. The summed E-state index contributed by atoms with van der Waals surface area (Å²) in [6, 6.07) is 15.3. The number of likely N-dealkylation sites (N-methyl/N-ethyl adjacent to an activating group) is 1. The smallest absolute Gasteiger partial charge is 0.279 e. The first-order valence-corrected chi connectivity index (χ1v) is 7.82. The van der Waals surface area contributed by atoms with Crippen molar-refractivity contribution < 1.29 is 9.69 Å². The van der Waals surface area contributed by atoms with Crippen molar-refractivity contribution in [3.8, 4) is 0 Å². The largest absolute Gasteiger partial charge is 0.326 e. The van der Waals surface area contributed by atoms with Gasteiger partial charge in [-0.3, -0.25) is 4.79 Å². The molecule has 1 amide bonds. The highest BCUT2D eigenvalue weighted by Gasteiger charge is 2.13. The van der Waals surface area contributed by atoms with Crippen LogP contribution in [-0.4, -0.2) is 19.5 Å². The lowest BCUT2D eigenvalue weighted by Crippen LogP contribution is -3.08. The predicted octanol–water partition coefficient (Wildman–Crippen LogP) is 2.76. The monoisotopic (exact) mass is 367 g/mol. The normalized spacial score (nSPS) is 12.0. The van der Waals surface area contributed by atoms with Gasteiger partial charge in [0.2, 0.25) is 0 Å². The molecule has 21 heavy (non-hydrogen) atoms. The molecule has 0 aliphatic rings. The Balaban J connectivity index is 1.91. The van der Waals surface area contributed by atoms with Gasteiger partial charge in [-0.2, -0.15) is 0 Å². The Kier molecular flexibility index (Phi) is 5.79. The Morgan fingerprint density at radius 2 is 1.86 bits per heavy atom. The van der Waals surface area contributed by atoms with Crippen LogP contribution in [0.1, 0.15) is 5.56 Å². The number of carbonyl (C=O) groups is 1. The molecule has 0 fully saturated rings. The summed E-state index contributed by atoms with van der Waals surface area (Å²) in [6.07, 6.45) is 0. The Morgan fingerprint density at radius 1 is 1.19 bits per heavy atom. The van der Waals surface area contributed by atoms with E-state index < -0.39 is 0 Å². The van der Waals surface area contributed by atoms with E-state index in [2.05, 4.69) is 21.2 Å². The van der Waals surface area contributed by atoms with Crippen LogP contribution < -0.4 is 10.2 Å². The molecule has 2 N–H and O–H groups in total. The van der Waals surface area contributed by atoms with Crippen molar-refractivity contribution in [3.63, 3.8) is 0 Å². The lowest BCUT2D eigenvalue weighted by molar-refractivity contribution is -0.885. The number of halogens is 2. The van der Waals surface area contributed by atoms with E-state index in [1.54, 1.807) is 0 Å². The second kappa shape index (κ2) is 7.59. The van der Waals surface area contributed by atoms with Gasteiger partial charge in [0.15, 0.2) is 6.54 Å². The summed E-state index contributed by atoms with van der Waals surface area (Å²) in [5.41, 5.74) is 1.83. The van der Waals surface area contributed by atoms with Crippen LogP contribution in [-0.2, 0) is 11.3 Å². The number of nitrogens with one attached hydrogen (secondary N) is 2. The Bertz CT molecular complexity index is 633. The molecule has 3 nitrogen and oxygen atoms in total. The molecule has 110 valence electrons. The number of benzene rings is 2. The lowest BCUT2D eigenvalue weighted by atomic mass is 10.2. The maximum Gasteiger partial charge on any atom is 0.279 e. The summed E-state index contributed by atoms with van der Waals surface area (Å²) in [5, 5.41) is 3.64. The van der Waals surface area contributed by atoms with Crippen molar-refractivity contribution in [2.24, 2.45) is 0 Å². The first kappa shape index (κ1) is 16.0. The molecule has 0 aromatic heterocycles. The number of hydrogen-bond acceptors (Lipinski definition) is 1. The Hall–Kier alpha value is -1.36. The van der Waals surface area contributed by atoms with Gasteiger partial charge in [0.05, 0.1) is 12.7 Å². The first-order chi connectivity index (χ1) is 10.1. The number of hydrogen-bond donors (Lipinski definition) is 2. The average molecular weight is 369 g/mol. The van der Waals surface area contributed by atoms with Gasteiger partial charge < -0.3 is 10.2 Å². The molecule has 0 aliphatic carbocycles. The van der Waals surface area contributed by atoms with Gasteiger partial charge in [-0.1, -0.05) is 41.9 Å². The molecule has 2 aromatic rings. The van der Waals surface area contributed by atoms with E-state index >= 15 is 0 Å². The molecule has 2 aromatic carbocycles.